The molecule has 0 amide bonds. The van der Waals surface area contributed by atoms with Gasteiger partial charge in [-0.1, -0.05) is 12.1 Å². The highest BCUT2D eigenvalue weighted by Crippen LogP contribution is 2.25. The Morgan fingerprint density at radius 2 is 2.12 bits per heavy atom. The fraction of sp³-hybridized carbons (Fsp3) is 0.389. The van der Waals surface area contributed by atoms with Crippen LogP contribution in [0.4, 0.5) is 11.6 Å². The average molecular weight is 323 g/mol. The quantitative estimate of drug-likeness (QED) is 0.906. The summed E-state index contributed by atoms with van der Waals surface area (Å²) >= 11 is 0. The third-order valence-electron chi connectivity index (χ3n) is 4.41. The van der Waals surface area contributed by atoms with E-state index in [1.54, 1.807) is 6.33 Å². The van der Waals surface area contributed by atoms with E-state index in [0.29, 0.717) is 12.1 Å². The van der Waals surface area contributed by atoms with Crippen LogP contribution in [0.3, 0.4) is 0 Å². The molecule has 0 saturated carbocycles. The van der Waals surface area contributed by atoms with Gasteiger partial charge in [0.15, 0.2) is 0 Å². The van der Waals surface area contributed by atoms with E-state index in [2.05, 4.69) is 25.8 Å². The summed E-state index contributed by atoms with van der Waals surface area (Å²) in [6.45, 7) is 1.77. The molecule has 1 saturated heterocycles. The second kappa shape index (κ2) is 7.28. The van der Waals surface area contributed by atoms with Gasteiger partial charge >= 0.3 is 0 Å². The summed E-state index contributed by atoms with van der Waals surface area (Å²) in [5.74, 6) is 1.70. The van der Waals surface area contributed by atoms with Crippen molar-refractivity contribution in [3.63, 3.8) is 0 Å². The molecule has 24 heavy (non-hydrogen) atoms. The molecule has 0 spiro atoms. The molecule has 0 radical (unpaired) electrons. The van der Waals surface area contributed by atoms with Gasteiger partial charge in [0.05, 0.1) is 24.3 Å². The van der Waals surface area contributed by atoms with Crippen molar-refractivity contribution in [3.05, 3.63) is 47.8 Å². The number of anilines is 2. The topological polar surface area (TPSA) is 76.3 Å². The maximum atomic E-state index is 9.50. The Bertz CT molecular complexity index is 725. The number of rotatable bonds is 5. The third kappa shape index (κ3) is 3.47. The van der Waals surface area contributed by atoms with Crippen molar-refractivity contribution in [1.82, 2.24) is 9.97 Å². The Morgan fingerprint density at radius 1 is 1.33 bits per heavy atom. The molecule has 6 nitrogen and oxygen atoms in total. The molecule has 2 heterocycles. The lowest BCUT2D eigenvalue weighted by atomic mass is 10.1. The van der Waals surface area contributed by atoms with Crippen LogP contribution in [0.15, 0.2) is 36.7 Å². The van der Waals surface area contributed by atoms with Crippen molar-refractivity contribution in [1.29, 1.82) is 5.26 Å². The molecule has 1 aliphatic heterocycles. The summed E-state index contributed by atoms with van der Waals surface area (Å²) in [5, 5.41) is 18.4. The van der Waals surface area contributed by atoms with Gasteiger partial charge in [0.25, 0.3) is 0 Å². The van der Waals surface area contributed by atoms with Crippen LogP contribution < -0.4 is 9.80 Å². The largest absolute Gasteiger partial charge is 0.394 e. The molecule has 1 aliphatic rings. The van der Waals surface area contributed by atoms with Crippen molar-refractivity contribution in [3.8, 4) is 6.07 Å². The summed E-state index contributed by atoms with van der Waals surface area (Å²) < 4.78 is 0. The predicted molar refractivity (Wildman–Crippen MR) is 92.7 cm³/mol. The van der Waals surface area contributed by atoms with Crippen molar-refractivity contribution >= 4 is 11.6 Å². The van der Waals surface area contributed by atoms with E-state index >= 15 is 0 Å². The Labute approximate surface area is 142 Å². The third-order valence-corrected chi connectivity index (χ3v) is 4.41. The van der Waals surface area contributed by atoms with Crippen LogP contribution in [0.25, 0.3) is 0 Å². The fourth-order valence-corrected chi connectivity index (χ4v) is 3.07. The van der Waals surface area contributed by atoms with Crippen molar-refractivity contribution in [2.45, 2.75) is 25.4 Å². The van der Waals surface area contributed by atoms with E-state index in [0.717, 1.165) is 36.6 Å². The number of nitrogens with zero attached hydrogens (tertiary/aromatic N) is 5. The van der Waals surface area contributed by atoms with Crippen molar-refractivity contribution in [2.75, 3.05) is 30.0 Å². The van der Waals surface area contributed by atoms with Crippen LogP contribution in [0.2, 0.25) is 0 Å². The predicted octanol–water partition coefficient (Wildman–Crippen LogP) is 1.95. The van der Waals surface area contributed by atoms with Crippen LogP contribution in [-0.4, -0.2) is 41.3 Å². The molecule has 0 unspecified atom stereocenters. The smallest absolute Gasteiger partial charge is 0.134 e. The molecule has 1 aromatic heterocycles. The summed E-state index contributed by atoms with van der Waals surface area (Å²) in [4.78, 5) is 12.9. The minimum Gasteiger partial charge on any atom is -0.394 e. The molecular formula is C18H21N5O. The van der Waals surface area contributed by atoms with Gasteiger partial charge in [0, 0.05) is 26.2 Å². The number of hydrogen-bond donors (Lipinski definition) is 1. The Morgan fingerprint density at radius 3 is 2.83 bits per heavy atom. The SMILES string of the molecule is CN(Cc1ccc(C#N)cc1)c1cc(N2CCC[C@@H]2CO)ncn1. The van der Waals surface area contributed by atoms with E-state index in [1.807, 2.05) is 37.4 Å². The van der Waals surface area contributed by atoms with Gasteiger partial charge in [-0.05, 0) is 30.5 Å². The van der Waals surface area contributed by atoms with E-state index in [9.17, 15) is 5.11 Å². The lowest BCUT2D eigenvalue weighted by molar-refractivity contribution is 0.266. The lowest BCUT2D eigenvalue weighted by Crippen LogP contribution is -2.33. The van der Waals surface area contributed by atoms with Gasteiger partial charge in [-0.3, -0.25) is 0 Å². The van der Waals surface area contributed by atoms with Gasteiger partial charge in [0.2, 0.25) is 0 Å². The summed E-state index contributed by atoms with van der Waals surface area (Å²) in [5.41, 5.74) is 1.78. The molecule has 1 atom stereocenters. The molecule has 1 N–H and O–H groups in total. The van der Waals surface area contributed by atoms with Gasteiger partial charge in [-0.15, -0.1) is 0 Å². The van der Waals surface area contributed by atoms with Gasteiger partial charge in [-0.25, -0.2) is 9.97 Å². The molecule has 1 aromatic carbocycles. The maximum absolute atomic E-state index is 9.50. The minimum absolute atomic E-state index is 0.150. The molecule has 1 fully saturated rings. The van der Waals surface area contributed by atoms with Crippen LogP contribution >= 0.6 is 0 Å². The number of aromatic nitrogens is 2. The molecule has 6 heteroatoms. The molecule has 3 rings (SSSR count). The average Bonchev–Trinajstić information content (AvgIpc) is 3.11. The zero-order valence-corrected chi connectivity index (χ0v) is 13.8. The molecule has 2 aromatic rings. The number of aliphatic hydroxyl groups is 1. The van der Waals surface area contributed by atoms with Gasteiger partial charge in [0.1, 0.15) is 18.0 Å². The molecule has 0 bridgehead atoms. The first-order valence-electron chi connectivity index (χ1n) is 8.11. The highest BCUT2D eigenvalue weighted by molar-refractivity contribution is 5.51. The highest BCUT2D eigenvalue weighted by atomic mass is 16.3. The monoisotopic (exact) mass is 323 g/mol. The normalized spacial score (nSPS) is 16.9. The van der Waals surface area contributed by atoms with Crippen LogP contribution in [0, 0.1) is 11.3 Å². The zero-order chi connectivity index (χ0) is 16.9. The lowest BCUT2D eigenvalue weighted by Gasteiger charge is -2.25. The summed E-state index contributed by atoms with van der Waals surface area (Å²) in [6.07, 6.45) is 3.65. The van der Waals surface area contributed by atoms with Gasteiger partial charge in [-0.2, -0.15) is 5.26 Å². The molecule has 124 valence electrons. The second-order valence-corrected chi connectivity index (χ2v) is 6.07. The van der Waals surface area contributed by atoms with E-state index in [-0.39, 0.29) is 12.6 Å². The first-order valence-corrected chi connectivity index (χ1v) is 8.11. The number of hydrogen-bond acceptors (Lipinski definition) is 6. The summed E-state index contributed by atoms with van der Waals surface area (Å²) in [6, 6.07) is 11.8. The molecular weight excluding hydrogens is 302 g/mol. The number of benzene rings is 1. The highest BCUT2D eigenvalue weighted by Gasteiger charge is 2.25. The van der Waals surface area contributed by atoms with Crippen molar-refractivity contribution < 1.29 is 5.11 Å². The first kappa shape index (κ1) is 16.2. The first-order chi connectivity index (χ1) is 11.7. The van der Waals surface area contributed by atoms with Crippen LogP contribution in [0.1, 0.15) is 24.0 Å². The van der Waals surface area contributed by atoms with Crippen LogP contribution in [-0.2, 0) is 6.54 Å². The number of nitriles is 1. The Balaban J connectivity index is 1.74. The minimum atomic E-state index is 0.150. The Kier molecular flexibility index (Phi) is 4.92. The molecule has 0 aliphatic carbocycles. The second-order valence-electron chi connectivity index (χ2n) is 6.07. The Hall–Kier alpha value is -2.65. The maximum Gasteiger partial charge on any atom is 0.134 e. The van der Waals surface area contributed by atoms with Crippen molar-refractivity contribution in [2.24, 2.45) is 0 Å². The fourth-order valence-electron chi connectivity index (χ4n) is 3.07. The van der Waals surface area contributed by atoms with Gasteiger partial charge < -0.3 is 14.9 Å². The van der Waals surface area contributed by atoms with E-state index < -0.39 is 0 Å². The van der Waals surface area contributed by atoms with E-state index in [1.165, 1.54) is 0 Å². The van der Waals surface area contributed by atoms with Crippen LogP contribution in [0.5, 0.6) is 0 Å². The van der Waals surface area contributed by atoms with E-state index in [4.69, 9.17) is 5.26 Å². The zero-order valence-electron chi connectivity index (χ0n) is 13.8. The standard InChI is InChI=1S/C18H21N5O/c1-22(11-15-6-4-14(10-19)5-7-15)17-9-18(21-13-20-17)23-8-2-3-16(23)12-24/h4-7,9,13,16,24H,2-3,8,11-12H2,1H3/t16-/m1/s1. The summed E-state index contributed by atoms with van der Waals surface area (Å²) in [7, 11) is 1.98. The number of aliphatic hydroxyl groups excluding tert-OH is 1.